The molecule has 0 amide bonds. The van der Waals surface area contributed by atoms with E-state index in [2.05, 4.69) is 46.2 Å². The van der Waals surface area contributed by atoms with E-state index < -0.39 is 29.4 Å². The Hall–Kier alpha value is -3.24. The molecule has 11 heteroatoms. The van der Waals surface area contributed by atoms with Gasteiger partial charge in [0.2, 0.25) is 0 Å². The first-order valence-electron chi connectivity index (χ1n) is 12.6. The molecule has 7 nitrogen and oxygen atoms in total. The predicted molar refractivity (Wildman–Crippen MR) is 141 cm³/mol. The van der Waals surface area contributed by atoms with E-state index in [1.807, 2.05) is 23.1 Å². The number of anilines is 2. The van der Waals surface area contributed by atoms with Crippen LogP contribution in [-0.2, 0) is 6.18 Å². The van der Waals surface area contributed by atoms with Crippen LogP contribution in [0.4, 0.5) is 24.5 Å². The predicted octanol–water partition coefficient (Wildman–Crippen LogP) is 5.51. The lowest BCUT2D eigenvalue weighted by atomic mass is 9.99. The highest BCUT2D eigenvalue weighted by Gasteiger charge is 2.42. The van der Waals surface area contributed by atoms with Crippen LogP contribution in [0.3, 0.4) is 0 Å². The second kappa shape index (κ2) is 10.5. The standard InChI is InChI=1S/C27H29ClF3N5O2/c1-33-11-13-34(14-12-33)20-7-4-18(5-8-20)22-9-6-19(28)15-24(22)35-10-2-3-21(17-35)36-25(27(29,30)31)23(16-32-36)26(37)38/h4-9,15-16,21H,2-3,10-14,17H2,1H3,(H,37,38). The van der Waals surface area contributed by atoms with E-state index in [9.17, 15) is 23.1 Å². The van der Waals surface area contributed by atoms with Crippen LogP contribution >= 0.6 is 11.6 Å². The number of hydrogen-bond donors (Lipinski definition) is 1. The number of piperidine rings is 1. The maximum absolute atomic E-state index is 13.8. The average Bonchev–Trinajstić information content (AvgIpc) is 3.36. The molecule has 3 aromatic rings. The van der Waals surface area contributed by atoms with Crippen molar-refractivity contribution < 1.29 is 23.1 Å². The van der Waals surface area contributed by atoms with Gasteiger partial charge < -0.3 is 19.8 Å². The van der Waals surface area contributed by atoms with Crippen molar-refractivity contribution in [2.24, 2.45) is 0 Å². The molecule has 202 valence electrons. The number of benzene rings is 2. The van der Waals surface area contributed by atoms with Crippen LogP contribution in [0.2, 0.25) is 5.02 Å². The molecule has 1 atom stereocenters. The van der Waals surface area contributed by atoms with Crippen LogP contribution in [0.1, 0.15) is 34.9 Å². The molecule has 2 aliphatic rings. The van der Waals surface area contributed by atoms with Crippen LogP contribution in [-0.4, -0.2) is 72.1 Å². The maximum Gasteiger partial charge on any atom is 0.433 e. The van der Waals surface area contributed by atoms with Crippen molar-refractivity contribution >= 4 is 28.9 Å². The molecule has 1 N–H and O–H groups in total. The molecule has 0 spiro atoms. The summed E-state index contributed by atoms with van der Waals surface area (Å²) >= 11 is 6.37. The number of hydrogen-bond acceptors (Lipinski definition) is 5. The summed E-state index contributed by atoms with van der Waals surface area (Å²) in [4.78, 5) is 18.1. The first-order chi connectivity index (χ1) is 18.1. The van der Waals surface area contributed by atoms with Crippen LogP contribution < -0.4 is 9.80 Å². The van der Waals surface area contributed by atoms with Crippen LogP contribution in [0.5, 0.6) is 0 Å². The number of carboxylic acid groups (broad SMARTS) is 1. The SMILES string of the molecule is CN1CCN(c2ccc(-c3ccc(Cl)cc3N3CCCC(n4ncc(C(=O)O)c4C(F)(F)F)C3)cc2)CC1. The van der Waals surface area contributed by atoms with Gasteiger partial charge in [-0.25, -0.2) is 4.79 Å². The highest BCUT2D eigenvalue weighted by Crippen LogP contribution is 2.39. The summed E-state index contributed by atoms with van der Waals surface area (Å²) in [6, 6.07) is 13.3. The molecule has 2 fully saturated rings. The summed E-state index contributed by atoms with van der Waals surface area (Å²) < 4.78 is 42.4. The van der Waals surface area contributed by atoms with Gasteiger partial charge in [0, 0.05) is 61.2 Å². The Balaban J connectivity index is 1.43. The Labute approximate surface area is 224 Å². The number of alkyl halides is 3. The van der Waals surface area contributed by atoms with E-state index in [0.717, 1.165) is 59.6 Å². The molecule has 0 radical (unpaired) electrons. The summed E-state index contributed by atoms with van der Waals surface area (Å²) in [5, 5.41) is 13.7. The van der Waals surface area contributed by atoms with Gasteiger partial charge in [-0.3, -0.25) is 4.68 Å². The molecule has 1 aromatic heterocycles. The highest BCUT2D eigenvalue weighted by molar-refractivity contribution is 6.31. The third-order valence-corrected chi connectivity index (χ3v) is 7.62. The van der Waals surface area contributed by atoms with E-state index >= 15 is 0 Å². The number of carboxylic acids is 1. The molecule has 0 bridgehead atoms. The average molecular weight is 548 g/mol. The number of halogens is 4. The Kier molecular flexibility index (Phi) is 7.28. The number of likely N-dealkylation sites (N-methyl/N-ethyl adjacent to an activating group) is 1. The number of nitrogens with zero attached hydrogens (tertiary/aromatic N) is 5. The molecular formula is C27H29ClF3N5O2. The summed E-state index contributed by atoms with van der Waals surface area (Å²) in [6.45, 7) is 4.84. The summed E-state index contributed by atoms with van der Waals surface area (Å²) in [5.74, 6) is -1.65. The Morgan fingerprint density at radius 1 is 1.03 bits per heavy atom. The quantitative estimate of drug-likeness (QED) is 0.454. The lowest BCUT2D eigenvalue weighted by molar-refractivity contribution is -0.145. The van der Waals surface area contributed by atoms with Crippen LogP contribution in [0.25, 0.3) is 11.1 Å². The first-order valence-corrected chi connectivity index (χ1v) is 13.0. The van der Waals surface area contributed by atoms with Gasteiger partial charge in [-0.05, 0) is 49.7 Å². The van der Waals surface area contributed by atoms with Gasteiger partial charge in [0.15, 0.2) is 5.69 Å². The van der Waals surface area contributed by atoms with E-state index in [-0.39, 0.29) is 6.54 Å². The lowest BCUT2D eigenvalue weighted by Crippen LogP contribution is -2.44. The smallest absolute Gasteiger partial charge is 0.433 e. The second-order valence-electron chi connectivity index (χ2n) is 9.90. The van der Waals surface area contributed by atoms with Crippen LogP contribution in [0, 0.1) is 0 Å². The number of piperazine rings is 1. The Bertz CT molecular complexity index is 1300. The molecule has 0 aliphatic carbocycles. The molecule has 5 rings (SSSR count). The minimum atomic E-state index is -4.83. The van der Waals surface area contributed by atoms with E-state index in [0.29, 0.717) is 24.4 Å². The number of aromatic nitrogens is 2. The largest absolute Gasteiger partial charge is 0.478 e. The van der Waals surface area contributed by atoms with Crippen molar-refractivity contribution in [3.63, 3.8) is 0 Å². The van der Waals surface area contributed by atoms with Gasteiger partial charge in [0.05, 0.1) is 12.2 Å². The zero-order valence-electron chi connectivity index (χ0n) is 21.0. The van der Waals surface area contributed by atoms with Crippen molar-refractivity contribution in [3.05, 3.63) is 64.9 Å². The van der Waals surface area contributed by atoms with Gasteiger partial charge in [-0.1, -0.05) is 29.8 Å². The van der Waals surface area contributed by atoms with Crippen molar-refractivity contribution in [2.75, 3.05) is 56.1 Å². The first kappa shape index (κ1) is 26.4. The number of carbonyl (C=O) groups is 1. The summed E-state index contributed by atoms with van der Waals surface area (Å²) in [7, 11) is 2.12. The van der Waals surface area contributed by atoms with Crippen molar-refractivity contribution in [1.82, 2.24) is 14.7 Å². The highest BCUT2D eigenvalue weighted by atomic mass is 35.5. The molecule has 1 unspecified atom stereocenters. The van der Waals surface area contributed by atoms with Gasteiger partial charge >= 0.3 is 12.1 Å². The molecule has 38 heavy (non-hydrogen) atoms. The topological polar surface area (TPSA) is 64.8 Å². The molecule has 2 aromatic carbocycles. The second-order valence-corrected chi connectivity index (χ2v) is 10.3. The van der Waals surface area contributed by atoms with Crippen molar-refractivity contribution in [3.8, 4) is 11.1 Å². The minimum Gasteiger partial charge on any atom is -0.478 e. The number of rotatable bonds is 5. The summed E-state index contributed by atoms with van der Waals surface area (Å²) in [6.07, 6.45) is -2.97. The van der Waals surface area contributed by atoms with Gasteiger partial charge in [-0.15, -0.1) is 0 Å². The fraction of sp³-hybridized carbons (Fsp3) is 0.407. The van der Waals surface area contributed by atoms with E-state index in [1.54, 1.807) is 0 Å². The lowest BCUT2D eigenvalue weighted by Gasteiger charge is -2.36. The monoisotopic (exact) mass is 547 g/mol. The Morgan fingerprint density at radius 2 is 1.74 bits per heavy atom. The van der Waals surface area contributed by atoms with Crippen molar-refractivity contribution in [1.29, 1.82) is 0 Å². The fourth-order valence-corrected chi connectivity index (χ4v) is 5.54. The van der Waals surface area contributed by atoms with Crippen molar-refractivity contribution in [2.45, 2.75) is 25.1 Å². The van der Waals surface area contributed by atoms with Gasteiger partial charge in [-0.2, -0.15) is 18.3 Å². The molecule has 0 saturated carbocycles. The molecule has 2 saturated heterocycles. The Morgan fingerprint density at radius 3 is 2.39 bits per heavy atom. The van der Waals surface area contributed by atoms with Gasteiger partial charge in [0.25, 0.3) is 0 Å². The zero-order chi connectivity index (χ0) is 27.0. The summed E-state index contributed by atoms with van der Waals surface area (Å²) in [5.41, 5.74) is 1.85. The van der Waals surface area contributed by atoms with E-state index in [4.69, 9.17) is 11.6 Å². The zero-order valence-corrected chi connectivity index (χ0v) is 21.7. The molecule has 3 heterocycles. The van der Waals surface area contributed by atoms with E-state index in [1.165, 1.54) is 0 Å². The normalized spacial score (nSPS) is 19.1. The molecule has 2 aliphatic heterocycles. The van der Waals surface area contributed by atoms with Crippen LogP contribution in [0.15, 0.2) is 48.7 Å². The fourth-order valence-electron chi connectivity index (χ4n) is 5.38. The maximum atomic E-state index is 13.8. The van der Waals surface area contributed by atoms with Gasteiger partial charge in [0.1, 0.15) is 5.56 Å². The minimum absolute atomic E-state index is 0.247. The third kappa shape index (κ3) is 5.33. The number of aromatic carboxylic acids is 1. The molecular weight excluding hydrogens is 519 g/mol. The third-order valence-electron chi connectivity index (χ3n) is 7.38.